The Morgan fingerprint density at radius 3 is 2.36 bits per heavy atom. The Balaban J connectivity index is 4.84. The molecule has 124 valence electrons. The van der Waals surface area contributed by atoms with Crippen molar-refractivity contribution >= 4 is 17.7 Å². The van der Waals surface area contributed by atoms with Crippen molar-refractivity contribution in [2.24, 2.45) is 0 Å². The van der Waals surface area contributed by atoms with E-state index in [0.29, 0.717) is 12.1 Å². The molecule has 0 aromatic carbocycles. The highest BCUT2D eigenvalue weighted by Gasteiger charge is 2.23. The van der Waals surface area contributed by atoms with E-state index in [0.717, 1.165) is 0 Å². The summed E-state index contributed by atoms with van der Waals surface area (Å²) in [7, 11) is 3.23. The number of ether oxygens (including phenoxy) is 1. The molecule has 0 aromatic heterocycles. The van der Waals surface area contributed by atoms with E-state index in [1.807, 2.05) is 6.92 Å². The number of likely N-dealkylation sites (N-methyl/N-ethyl adjacent to an activating group) is 1. The van der Waals surface area contributed by atoms with Gasteiger partial charge in [0, 0.05) is 26.2 Å². The highest BCUT2D eigenvalue weighted by molar-refractivity contribution is 5.93. The average molecular weight is 309 g/mol. The Labute approximate surface area is 132 Å². The molecule has 2 N–H and O–H groups in total. The van der Waals surface area contributed by atoms with Crippen LogP contribution in [0.15, 0.2) is 24.3 Å². The van der Waals surface area contributed by atoms with Gasteiger partial charge < -0.3 is 20.4 Å². The first-order chi connectivity index (χ1) is 10.1. The lowest BCUT2D eigenvalue weighted by Crippen LogP contribution is -2.46. The second-order valence-electron chi connectivity index (χ2n) is 6.01. The first kappa shape index (κ1) is 19.9. The van der Waals surface area contributed by atoms with Gasteiger partial charge in [-0.2, -0.15) is 0 Å². The molecule has 0 radical (unpaired) electrons. The largest absolute Gasteiger partial charge is 0.444 e. The van der Waals surface area contributed by atoms with E-state index >= 15 is 0 Å². The molecule has 22 heavy (non-hydrogen) atoms. The molecule has 1 atom stereocenters. The summed E-state index contributed by atoms with van der Waals surface area (Å²) in [4.78, 5) is 25.3. The number of allylic oxidation sites excluding steroid dienone is 3. The highest BCUT2D eigenvalue weighted by atomic mass is 16.6. The number of nitrogens with one attached hydrogen (secondary N) is 2. The lowest BCUT2D eigenvalue weighted by molar-refractivity contribution is -0.129. The molecular formula is C16H27N3O3. The van der Waals surface area contributed by atoms with Gasteiger partial charge in [-0.3, -0.25) is 4.79 Å². The van der Waals surface area contributed by atoms with E-state index in [9.17, 15) is 9.59 Å². The van der Waals surface area contributed by atoms with Gasteiger partial charge in [-0.25, -0.2) is 4.79 Å². The molecule has 6 heteroatoms. The second-order valence-corrected chi connectivity index (χ2v) is 6.01. The van der Waals surface area contributed by atoms with E-state index in [2.05, 4.69) is 5.32 Å². The van der Waals surface area contributed by atoms with E-state index in [1.165, 1.54) is 4.90 Å². The number of nitrogens with zero attached hydrogens (tertiary/aromatic N) is 1. The zero-order valence-corrected chi connectivity index (χ0v) is 14.3. The first-order valence-electron chi connectivity index (χ1n) is 7.14. The molecule has 0 unspecified atom stereocenters. The predicted molar refractivity (Wildman–Crippen MR) is 88.1 cm³/mol. The number of rotatable bonds is 6. The summed E-state index contributed by atoms with van der Waals surface area (Å²) in [5, 5.41) is 10.2. The molecule has 0 aliphatic carbocycles. The zero-order chi connectivity index (χ0) is 17.3. The van der Waals surface area contributed by atoms with E-state index in [-0.39, 0.29) is 5.91 Å². The lowest BCUT2D eigenvalue weighted by Gasteiger charge is -2.23. The van der Waals surface area contributed by atoms with E-state index in [1.54, 1.807) is 59.2 Å². The topological polar surface area (TPSA) is 82.5 Å². The summed E-state index contributed by atoms with van der Waals surface area (Å²) in [5.74, 6) is -0.264. The third-order valence-corrected chi connectivity index (χ3v) is 2.41. The molecule has 0 saturated heterocycles. The number of amides is 2. The molecule has 0 heterocycles. The SMILES string of the molecule is CC=CC(=N)CC=C[C@H](NC(=O)OC(C)(C)C)C(=O)N(C)C. The summed E-state index contributed by atoms with van der Waals surface area (Å²) in [6.45, 7) is 7.09. The smallest absolute Gasteiger partial charge is 0.408 e. The fourth-order valence-electron chi connectivity index (χ4n) is 1.51. The molecular weight excluding hydrogens is 282 g/mol. The molecule has 0 spiro atoms. The van der Waals surface area contributed by atoms with Crippen molar-refractivity contribution < 1.29 is 14.3 Å². The number of carbonyl (C=O) groups excluding carboxylic acids is 2. The summed E-state index contributed by atoms with van der Waals surface area (Å²) in [6, 6.07) is -0.816. The van der Waals surface area contributed by atoms with Gasteiger partial charge in [0.2, 0.25) is 5.91 Å². The van der Waals surface area contributed by atoms with Gasteiger partial charge in [0.05, 0.1) is 0 Å². The van der Waals surface area contributed by atoms with Gasteiger partial charge in [-0.1, -0.05) is 18.2 Å². The van der Waals surface area contributed by atoms with Crippen LogP contribution in [0.4, 0.5) is 4.79 Å². The minimum absolute atomic E-state index is 0.264. The fourth-order valence-corrected chi connectivity index (χ4v) is 1.51. The molecule has 0 aliphatic heterocycles. The summed E-state index contributed by atoms with van der Waals surface area (Å²) < 4.78 is 5.16. The second kappa shape index (κ2) is 9.02. The fraction of sp³-hybridized carbons (Fsp3) is 0.562. The van der Waals surface area contributed by atoms with E-state index in [4.69, 9.17) is 10.1 Å². The van der Waals surface area contributed by atoms with Gasteiger partial charge in [0.15, 0.2) is 0 Å². The van der Waals surface area contributed by atoms with Crippen molar-refractivity contribution in [1.82, 2.24) is 10.2 Å². The molecule has 0 aromatic rings. The van der Waals surface area contributed by atoms with Crippen molar-refractivity contribution in [1.29, 1.82) is 5.41 Å². The van der Waals surface area contributed by atoms with Crippen LogP contribution in [0, 0.1) is 5.41 Å². The number of carbonyl (C=O) groups is 2. The van der Waals surface area contributed by atoms with Crippen LogP contribution in [0.25, 0.3) is 0 Å². The van der Waals surface area contributed by atoms with Gasteiger partial charge >= 0.3 is 6.09 Å². The van der Waals surface area contributed by atoms with Crippen LogP contribution in [0.5, 0.6) is 0 Å². The Morgan fingerprint density at radius 1 is 1.32 bits per heavy atom. The Morgan fingerprint density at radius 2 is 1.91 bits per heavy atom. The number of hydrogen-bond acceptors (Lipinski definition) is 4. The summed E-state index contributed by atoms with van der Waals surface area (Å²) >= 11 is 0. The maximum absolute atomic E-state index is 12.1. The molecule has 2 amide bonds. The molecule has 6 nitrogen and oxygen atoms in total. The van der Waals surface area contributed by atoms with Crippen LogP contribution in [0.2, 0.25) is 0 Å². The predicted octanol–water partition coefficient (Wildman–Crippen LogP) is 2.51. The Kier molecular flexibility index (Phi) is 8.15. The van der Waals surface area contributed by atoms with Gasteiger partial charge in [0.1, 0.15) is 11.6 Å². The minimum atomic E-state index is -0.816. The molecule has 0 fully saturated rings. The molecule has 0 rings (SSSR count). The maximum Gasteiger partial charge on any atom is 0.408 e. The molecule has 0 saturated carbocycles. The van der Waals surface area contributed by atoms with Crippen molar-refractivity contribution in [2.75, 3.05) is 14.1 Å². The third kappa shape index (κ3) is 8.94. The van der Waals surface area contributed by atoms with Crippen molar-refractivity contribution in [2.45, 2.75) is 45.8 Å². The van der Waals surface area contributed by atoms with Crippen LogP contribution in [0.3, 0.4) is 0 Å². The number of hydrogen-bond donors (Lipinski definition) is 2. The number of alkyl carbamates (subject to hydrolysis) is 1. The van der Waals surface area contributed by atoms with Crippen LogP contribution in [-0.2, 0) is 9.53 Å². The first-order valence-corrected chi connectivity index (χ1v) is 7.14. The van der Waals surface area contributed by atoms with Crippen molar-refractivity contribution in [3.8, 4) is 0 Å². The Hall–Kier alpha value is -2.11. The Bertz CT molecular complexity index is 460. The average Bonchev–Trinajstić information content (AvgIpc) is 2.34. The normalized spacial score (nSPS) is 13.2. The van der Waals surface area contributed by atoms with Gasteiger partial charge in [0.25, 0.3) is 0 Å². The lowest BCUT2D eigenvalue weighted by atomic mass is 10.2. The molecule has 0 aliphatic rings. The van der Waals surface area contributed by atoms with Crippen LogP contribution < -0.4 is 5.32 Å². The van der Waals surface area contributed by atoms with Crippen LogP contribution in [-0.4, -0.2) is 48.4 Å². The molecule has 0 bridgehead atoms. The van der Waals surface area contributed by atoms with Crippen LogP contribution >= 0.6 is 0 Å². The maximum atomic E-state index is 12.1. The monoisotopic (exact) mass is 309 g/mol. The standard InChI is InChI=1S/C16H27N3O3/c1-7-9-12(17)10-8-11-13(14(20)19(5)6)18-15(21)22-16(2,3)4/h7-9,11,13,17H,10H2,1-6H3,(H,18,21)/t13-/m0/s1. The van der Waals surface area contributed by atoms with Gasteiger partial charge in [-0.15, -0.1) is 0 Å². The van der Waals surface area contributed by atoms with E-state index < -0.39 is 17.7 Å². The third-order valence-electron chi connectivity index (χ3n) is 2.41. The van der Waals surface area contributed by atoms with Crippen LogP contribution in [0.1, 0.15) is 34.1 Å². The van der Waals surface area contributed by atoms with Gasteiger partial charge in [-0.05, 0) is 33.8 Å². The summed E-state index contributed by atoms with van der Waals surface area (Å²) in [6.07, 6.45) is 6.44. The summed E-state index contributed by atoms with van der Waals surface area (Å²) in [5.41, 5.74) is -0.208. The quantitative estimate of drug-likeness (QED) is 0.584. The minimum Gasteiger partial charge on any atom is -0.444 e. The van der Waals surface area contributed by atoms with Crippen molar-refractivity contribution in [3.63, 3.8) is 0 Å². The highest BCUT2D eigenvalue weighted by Crippen LogP contribution is 2.07. The van der Waals surface area contributed by atoms with Crippen molar-refractivity contribution in [3.05, 3.63) is 24.3 Å². The zero-order valence-electron chi connectivity index (χ0n) is 14.3.